The van der Waals surface area contributed by atoms with Crippen LogP contribution in [-0.2, 0) is 4.43 Å². The van der Waals surface area contributed by atoms with E-state index in [2.05, 4.69) is 61.6 Å². The van der Waals surface area contributed by atoms with Gasteiger partial charge in [0, 0.05) is 9.65 Å². The van der Waals surface area contributed by atoms with Gasteiger partial charge >= 0.3 is 0 Å². The van der Waals surface area contributed by atoms with Gasteiger partial charge in [-0.1, -0.05) is 41.5 Å². The fourth-order valence-electron chi connectivity index (χ4n) is 1.41. The largest absolute Gasteiger partial charge is 0.545 e. The predicted octanol–water partition coefficient (Wildman–Crippen LogP) is 5.06. The molecule has 95 valence electrons. The summed E-state index contributed by atoms with van der Waals surface area (Å²) >= 11 is 1.93. The summed E-state index contributed by atoms with van der Waals surface area (Å²) in [6.45, 7) is 20.0. The molecule has 0 aromatic heterocycles. The highest BCUT2D eigenvalue weighted by molar-refractivity contribution is 8.04. The van der Waals surface area contributed by atoms with Crippen LogP contribution in [0, 0.1) is 5.41 Å². The van der Waals surface area contributed by atoms with Crippen LogP contribution in [0.3, 0.4) is 0 Å². The number of hydrogen-bond donors (Lipinski definition) is 0. The van der Waals surface area contributed by atoms with Gasteiger partial charge in [0.2, 0.25) is 0 Å². The van der Waals surface area contributed by atoms with Crippen molar-refractivity contribution in [3.8, 4) is 0 Å². The molecule has 0 spiro atoms. The van der Waals surface area contributed by atoms with E-state index in [9.17, 15) is 0 Å². The molecule has 16 heavy (non-hydrogen) atoms. The van der Waals surface area contributed by atoms with Crippen LogP contribution in [0.15, 0.2) is 10.7 Å². The predicted molar refractivity (Wildman–Crippen MR) is 78.1 cm³/mol. The summed E-state index contributed by atoms with van der Waals surface area (Å²) in [5.74, 6) is 1.12. The molecule has 0 aromatic rings. The van der Waals surface area contributed by atoms with Crippen LogP contribution in [0.25, 0.3) is 0 Å². The standard InChI is InChI=1S/C13H27OSSi/c1-10(14-16(8)9)11(12(2,3)4)15-13(5,6)7/h1-9H3/b11-10+. The summed E-state index contributed by atoms with van der Waals surface area (Å²) in [6.07, 6.45) is 0. The summed E-state index contributed by atoms with van der Waals surface area (Å²) in [5, 5.41) is 0. The SMILES string of the molecule is C/C(O[Si](C)C)=C(\SC(C)(C)C)C(C)(C)C. The fraction of sp³-hybridized carbons (Fsp3) is 0.846. The minimum Gasteiger partial charge on any atom is -0.545 e. The molecule has 3 heteroatoms. The van der Waals surface area contributed by atoms with Gasteiger partial charge in [0.05, 0.1) is 5.76 Å². The lowest BCUT2D eigenvalue weighted by atomic mass is 9.95. The van der Waals surface area contributed by atoms with Gasteiger partial charge in [0.1, 0.15) is 0 Å². The molecule has 0 atom stereocenters. The lowest BCUT2D eigenvalue weighted by Crippen LogP contribution is -2.18. The van der Waals surface area contributed by atoms with E-state index in [-0.39, 0.29) is 10.2 Å². The Labute approximate surface area is 108 Å². The molecule has 0 bridgehead atoms. The van der Waals surface area contributed by atoms with Crippen LogP contribution in [0.5, 0.6) is 0 Å². The second kappa shape index (κ2) is 5.63. The first-order valence-corrected chi connectivity index (χ1v) is 9.04. The molecule has 0 saturated heterocycles. The highest BCUT2D eigenvalue weighted by Gasteiger charge is 2.26. The molecular weight excluding hydrogens is 232 g/mol. The van der Waals surface area contributed by atoms with Gasteiger partial charge in [-0.25, -0.2) is 0 Å². The molecular formula is C13H27OSSi. The zero-order valence-corrected chi connectivity index (χ0v) is 14.1. The molecule has 0 aliphatic rings. The normalized spacial score (nSPS) is 15.1. The Hall–Kier alpha value is 0.107. The van der Waals surface area contributed by atoms with E-state index in [4.69, 9.17) is 4.43 Å². The first-order chi connectivity index (χ1) is 6.93. The van der Waals surface area contributed by atoms with Crippen molar-refractivity contribution in [2.75, 3.05) is 0 Å². The van der Waals surface area contributed by atoms with E-state index in [0.717, 1.165) is 5.76 Å². The lowest BCUT2D eigenvalue weighted by molar-refractivity contribution is 0.412. The van der Waals surface area contributed by atoms with Gasteiger partial charge in [-0.05, 0) is 25.4 Å². The Kier molecular flexibility index (Phi) is 5.67. The van der Waals surface area contributed by atoms with Crippen molar-refractivity contribution in [1.82, 2.24) is 0 Å². The molecule has 0 unspecified atom stereocenters. The van der Waals surface area contributed by atoms with Crippen LogP contribution < -0.4 is 0 Å². The summed E-state index contributed by atoms with van der Waals surface area (Å²) in [4.78, 5) is 1.38. The first kappa shape index (κ1) is 16.1. The van der Waals surface area contributed by atoms with Gasteiger partial charge in [-0.15, -0.1) is 11.8 Å². The topological polar surface area (TPSA) is 9.23 Å². The maximum atomic E-state index is 5.95. The summed E-state index contributed by atoms with van der Waals surface area (Å²) in [7, 11) is -0.664. The Morgan fingerprint density at radius 3 is 1.69 bits per heavy atom. The van der Waals surface area contributed by atoms with Crippen molar-refractivity contribution in [2.24, 2.45) is 5.41 Å². The molecule has 1 nitrogen and oxygen atoms in total. The van der Waals surface area contributed by atoms with E-state index in [0.29, 0.717) is 0 Å². The quantitative estimate of drug-likeness (QED) is 0.517. The van der Waals surface area contributed by atoms with Crippen LogP contribution in [0.2, 0.25) is 13.1 Å². The molecule has 0 fully saturated rings. The zero-order chi connectivity index (χ0) is 13.1. The first-order valence-electron chi connectivity index (χ1n) is 5.82. The monoisotopic (exact) mass is 259 g/mol. The smallest absolute Gasteiger partial charge is 0.273 e. The van der Waals surface area contributed by atoms with Crippen LogP contribution >= 0.6 is 11.8 Å². The molecule has 0 heterocycles. The number of hydrogen-bond acceptors (Lipinski definition) is 2. The average molecular weight is 260 g/mol. The van der Waals surface area contributed by atoms with Crippen molar-refractivity contribution in [3.63, 3.8) is 0 Å². The Bertz CT molecular complexity index is 256. The van der Waals surface area contributed by atoms with Crippen molar-refractivity contribution in [2.45, 2.75) is 66.3 Å². The lowest BCUT2D eigenvalue weighted by Gasteiger charge is -2.31. The molecule has 0 amide bonds. The molecule has 0 N–H and O–H groups in total. The van der Waals surface area contributed by atoms with E-state index in [1.165, 1.54) is 4.91 Å². The van der Waals surface area contributed by atoms with Gasteiger partial charge in [-0.2, -0.15) is 0 Å². The third-order valence-corrected chi connectivity index (χ3v) is 4.20. The molecule has 0 rings (SSSR count). The van der Waals surface area contributed by atoms with Crippen molar-refractivity contribution in [1.29, 1.82) is 0 Å². The fourth-order valence-corrected chi connectivity index (χ4v) is 3.30. The molecule has 0 saturated carbocycles. The van der Waals surface area contributed by atoms with Crippen LogP contribution in [0.4, 0.5) is 0 Å². The highest BCUT2D eigenvalue weighted by Crippen LogP contribution is 2.43. The van der Waals surface area contributed by atoms with Gasteiger partial charge in [0.15, 0.2) is 0 Å². The Morgan fingerprint density at radius 1 is 1.00 bits per heavy atom. The summed E-state index contributed by atoms with van der Waals surface area (Å²) in [6, 6.07) is 0. The van der Waals surface area contributed by atoms with Crippen molar-refractivity contribution >= 4 is 20.8 Å². The van der Waals surface area contributed by atoms with Crippen LogP contribution in [-0.4, -0.2) is 13.8 Å². The maximum Gasteiger partial charge on any atom is 0.273 e. The van der Waals surface area contributed by atoms with Gasteiger partial charge < -0.3 is 4.43 Å². The molecule has 0 aromatic carbocycles. The van der Waals surface area contributed by atoms with Gasteiger partial charge in [0.25, 0.3) is 9.04 Å². The summed E-state index contributed by atoms with van der Waals surface area (Å²) < 4.78 is 6.18. The molecule has 1 radical (unpaired) electrons. The molecule has 0 aliphatic carbocycles. The van der Waals surface area contributed by atoms with Crippen LogP contribution in [0.1, 0.15) is 48.5 Å². The second-order valence-corrected chi connectivity index (χ2v) is 10.2. The minimum absolute atomic E-state index is 0.166. The van der Waals surface area contributed by atoms with E-state index in [1.807, 2.05) is 11.8 Å². The summed E-state index contributed by atoms with van der Waals surface area (Å²) in [5.41, 5.74) is 0.166. The van der Waals surface area contributed by atoms with Crippen molar-refractivity contribution < 1.29 is 4.43 Å². The van der Waals surface area contributed by atoms with E-state index < -0.39 is 9.04 Å². The Balaban J connectivity index is 5.09. The molecule has 0 aliphatic heterocycles. The zero-order valence-electron chi connectivity index (χ0n) is 12.3. The highest BCUT2D eigenvalue weighted by atomic mass is 32.2. The van der Waals surface area contributed by atoms with E-state index in [1.54, 1.807) is 0 Å². The minimum atomic E-state index is -0.664. The number of rotatable bonds is 3. The van der Waals surface area contributed by atoms with Gasteiger partial charge in [-0.3, -0.25) is 0 Å². The van der Waals surface area contributed by atoms with E-state index >= 15 is 0 Å². The second-order valence-electron chi connectivity index (χ2n) is 6.36. The third kappa shape index (κ3) is 6.64. The number of thioether (sulfide) groups is 1. The maximum absolute atomic E-state index is 5.95. The third-order valence-electron chi connectivity index (χ3n) is 1.77. The average Bonchev–Trinajstić information content (AvgIpc) is 1.94. The van der Waals surface area contributed by atoms with Crippen molar-refractivity contribution in [3.05, 3.63) is 10.7 Å². The number of allylic oxidation sites excluding steroid dienone is 2. The Morgan fingerprint density at radius 2 is 1.44 bits per heavy atom.